The zero-order valence-corrected chi connectivity index (χ0v) is 9.90. The molecule has 0 saturated carbocycles. The van der Waals surface area contributed by atoms with Gasteiger partial charge in [0.1, 0.15) is 18.5 Å². The van der Waals surface area contributed by atoms with Gasteiger partial charge in [-0.25, -0.2) is 0 Å². The van der Waals surface area contributed by atoms with E-state index in [1.807, 2.05) is 0 Å². The number of benzene rings is 1. The Morgan fingerprint density at radius 2 is 2.19 bits per heavy atom. The molecule has 16 heavy (non-hydrogen) atoms. The molecular formula is C14H18O2. The Labute approximate surface area is 96.6 Å². The molecule has 2 heteroatoms. The smallest absolute Gasteiger partial charge is 0.123 e. The minimum atomic E-state index is 0.338. The van der Waals surface area contributed by atoms with E-state index in [-0.39, 0.29) is 0 Å². The van der Waals surface area contributed by atoms with E-state index in [9.17, 15) is 0 Å². The number of rotatable bonds is 3. The largest absolute Gasteiger partial charge is 0.490 e. The molecule has 1 saturated heterocycles. The van der Waals surface area contributed by atoms with E-state index in [0.717, 1.165) is 18.3 Å². The SMILES string of the molecule is CC1Cc2cccc(OCC3CO3)c2C1C. The lowest BCUT2D eigenvalue weighted by Crippen LogP contribution is -2.07. The van der Waals surface area contributed by atoms with Crippen LogP contribution in [-0.4, -0.2) is 19.3 Å². The highest BCUT2D eigenvalue weighted by atomic mass is 16.6. The minimum Gasteiger partial charge on any atom is -0.490 e. The summed E-state index contributed by atoms with van der Waals surface area (Å²) in [6.45, 7) is 6.19. The standard InChI is InChI=1S/C14H18O2/c1-9-6-11-4-3-5-13(14(11)10(9)2)16-8-12-7-15-12/h3-5,9-10,12H,6-8H2,1-2H3. The molecule has 1 heterocycles. The molecule has 0 aromatic heterocycles. The first-order valence-electron chi connectivity index (χ1n) is 6.12. The van der Waals surface area contributed by atoms with Crippen LogP contribution in [0.25, 0.3) is 0 Å². The Balaban J connectivity index is 1.85. The van der Waals surface area contributed by atoms with Crippen LogP contribution in [0.5, 0.6) is 5.75 Å². The van der Waals surface area contributed by atoms with E-state index in [1.54, 1.807) is 0 Å². The van der Waals surface area contributed by atoms with Gasteiger partial charge in [0.15, 0.2) is 0 Å². The Bertz CT molecular complexity index is 396. The van der Waals surface area contributed by atoms with Crippen LogP contribution >= 0.6 is 0 Å². The zero-order chi connectivity index (χ0) is 11.1. The summed E-state index contributed by atoms with van der Waals surface area (Å²) in [4.78, 5) is 0. The summed E-state index contributed by atoms with van der Waals surface area (Å²) >= 11 is 0. The Hall–Kier alpha value is -1.02. The first-order chi connectivity index (χ1) is 7.75. The topological polar surface area (TPSA) is 21.8 Å². The molecule has 1 fully saturated rings. The molecule has 3 rings (SSSR count). The molecule has 0 N–H and O–H groups in total. The summed E-state index contributed by atoms with van der Waals surface area (Å²) < 4.78 is 11.0. The predicted molar refractivity (Wildman–Crippen MR) is 63.0 cm³/mol. The van der Waals surface area contributed by atoms with Crippen molar-refractivity contribution in [1.82, 2.24) is 0 Å². The number of ether oxygens (including phenoxy) is 2. The van der Waals surface area contributed by atoms with Crippen LogP contribution in [0, 0.1) is 5.92 Å². The molecule has 1 aromatic carbocycles. The molecule has 0 spiro atoms. The zero-order valence-electron chi connectivity index (χ0n) is 9.90. The highest BCUT2D eigenvalue weighted by Crippen LogP contribution is 2.42. The van der Waals surface area contributed by atoms with Crippen molar-refractivity contribution in [1.29, 1.82) is 0 Å². The lowest BCUT2D eigenvalue weighted by molar-refractivity contribution is 0.260. The summed E-state index contributed by atoms with van der Waals surface area (Å²) in [5.41, 5.74) is 2.89. The summed E-state index contributed by atoms with van der Waals surface area (Å²) in [7, 11) is 0. The molecule has 86 valence electrons. The molecule has 1 aromatic rings. The maximum atomic E-state index is 5.87. The van der Waals surface area contributed by atoms with Gasteiger partial charge in [0.05, 0.1) is 6.61 Å². The maximum Gasteiger partial charge on any atom is 0.123 e. The van der Waals surface area contributed by atoms with Crippen LogP contribution in [0.3, 0.4) is 0 Å². The van der Waals surface area contributed by atoms with Crippen molar-refractivity contribution in [2.24, 2.45) is 5.92 Å². The molecule has 1 aliphatic carbocycles. The first-order valence-corrected chi connectivity index (χ1v) is 6.12. The van der Waals surface area contributed by atoms with Gasteiger partial charge in [0, 0.05) is 5.56 Å². The van der Waals surface area contributed by atoms with Gasteiger partial charge in [-0.3, -0.25) is 0 Å². The molecular weight excluding hydrogens is 200 g/mol. The van der Waals surface area contributed by atoms with Crippen LogP contribution in [0.2, 0.25) is 0 Å². The second-order valence-electron chi connectivity index (χ2n) is 5.07. The van der Waals surface area contributed by atoms with E-state index in [2.05, 4.69) is 32.0 Å². The number of hydrogen-bond donors (Lipinski definition) is 0. The monoisotopic (exact) mass is 218 g/mol. The van der Waals surface area contributed by atoms with Crippen LogP contribution in [0.15, 0.2) is 18.2 Å². The average molecular weight is 218 g/mol. The van der Waals surface area contributed by atoms with Crippen molar-refractivity contribution in [2.45, 2.75) is 32.3 Å². The fourth-order valence-electron chi connectivity index (χ4n) is 2.57. The molecule has 0 radical (unpaired) electrons. The summed E-state index contributed by atoms with van der Waals surface area (Å²) in [6, 6.07) is 6.43. The van der Waals surface area contributed by atoms with Crippen molar-refractivity contribution in [3.63, 3.8) is 0 Å². The van der Waals surface area contributed by atoms with Crippen molar-refractivity contribution in [3.8, 4) is 5.75 Å². The second-order valence-corrected chi connectivity index (χ2v) is 5.07. The van der Waals surface area contributed by atoms with Gasteiger partial charge in [-0.1, -0.05) is 26.0 Å². The van der Waals surface area contributed by atoms with Gasteiger partial charge >= 0.3 is 0 Å². The van der Waals surface area contributed by atoms with Crippen molar-refractivity contribution >= 4 is 0 Å². The summed E-state index contributed by atoms with van der Waals surface area (Å²) in [5, 5.41) is 0. The van der Waals surface area contributed by atoms with E-state index in [1.165, 1.54) is 17.5 Å². The summed E-state index contributed by atoms with van der Waals surface area (Å²) in [6.07, 6.45) is 1.53. The molecule has 1 aliphatic heterocycles. The van der Waals surface area contributed by atoms with Gasteiger partial charge in [0.25, 0.3) is 0 Å². The van der Waals surface area contributed by atoms with E-state index in [0.29, 0.717) is 18.6 Å². The number of epoxide rings is 1. The number of hydrogen-bond acceptors (Lipinski definition) is 2. The van der Waals surface area contributed by atoms with Crippen LogP contribution < -0.4 is 4.74 Å². The Morgan fingerprint density at radius 1 is 1.38 bits per heavy atom. The van der Waals surface area contributed by atoms with Crippen molar-refractivity contribution in [3.05, 3.63) is 29.3 Å². The molecule has 2 aliphatic rings. The summed E-state index contributed by atoms with van der Waals surface area (Å²) in [5.74, 6) is 2.42. The van der Waals surface area contributed by atoms with Gasteiger partial charge in [-0.05, 0) is 29.9 Å². The quantitative estimate of drug-likeness (QED) is 0.728. The highest BCUT2D eigenvalue weighted by Gasteiger charge is 2.30. The van der Waals surface area contributed by atoms with E-state index < -0.39 is 0 Å². The predicted octanol–water partition coefficient (Wildman–Crippen LogP) is 2.76. The maximum absolute atomic E-state index is 5.87. The Morgan fingerprint density at radius 3 is 2.94 bits per heavy atom. The normalized spacial score (nSPS) is 31.2. The van der Waals surface area contributed by atoms with E-state index >= 15 is 0 Å². The van der Waals surface area contributed by atoms with Crippen molar-refractivity contribution in [2.75, 3.05) is 13.2 Å². The third-order valence-corrected chi connectivity index (χ3v) is 3.83. The highest BCUT2D eigenvalue weighted by molar-refractivity contribution is 5.46. The second kappa shape index (κ2) is 3.77. The van der Waals surface area contributed by atoms with Crippen LogP contribution in [-0.2, 0) is 11.2 Å². The molecule has 0 amide bonds. The average Bonchev–Trinajstić information content (AvgIpc) is 3.05. The fourth-order valence-corrected chi connectivity index (χ4v) is 2.57. The third-order valence-electron chi connectivity index (χ3n) is 3.83. The fraction of sp³-hybridized carbons (Fsp3) is 0.571. The molecule has 3 unspecified atom stereocenters. The van der Waals surface area contributed by atoms with Gasteiger partial charge < -0.3 is 9.47 Å². The molecule has 0 bridgehead atoms. The van der Waals surface area contributed by atoms with Crippen LogP contribution in [0.1, 0.15) is 30.9 Å². The van der Waals surface area contributed by atoms with Gasteiger partial charge in [-0.2, -0.15) is 0 Å². The molecule has 2 nitrogen and oxygen atoms in total. The lowest BCUT2D eigenvalue weighted by atomic mass is 9.96. The minimum absolute atomic E-state index is 0.338. The first kappa shape index (κ1) is 10.2. The van der Waals surface area contributed by atoms with Crippen molar-refractivity contribution < 1.29 is 9.47 Å². The van der Waals surface area contributed by atoms with Crippen LogP contribution in [0.4, 0.5) is 0 Å². The lowest BCUT2D eigenvalue weighted by Gasteiger charge is -2.14. The third kappa shape index (κ3) is 1.71. The van der Waals surface area contributed by atoms with Gasteiger partial charge in [0.2, 0.25) is 0 Å². The Kier molecular flexibility index (Phi) is 2.40. The van der Waals surface area contributed by atoms with E-state index in [4.69, 9.17) is 9.47 Å². The molecule has 3 atom stereocenters. The number of fused-ring (bicyclic) bond motifs is 1. The van der Waals surface area contributed by atoms with Gasteiger partial charge in [-0.15, -0.1) is 0 Å².